The minimum absolute atomic E-state index is 0.137. The molecule has 0 unspecified atom stereocenters. The van der Waals surface area contributed by atoms with Gasteiger partial charge in [-0.25, -0.2) is 0 Å². The van der Waals surface area contributed by atoms with Gasteiger partial charge in [-0.1, -0.05) is 0 Å². The number of carbonyl (C=O) groups excluding carboxylic acids is 1. The molecule has 0 aliphatic heterocycles. The maximum atomic E-state index is 10.5. The van der Waals surface area contributed by atoms with Crippen molar-refractivity contribution in [2.24, 2.45) is 0 Å². The zero-order chi connectivity index (χ0) is 8.69. The zero-order valence-electron chi connectivity index (χ0n) is 6.85. The Balaban J connectivity index is 3.38. The maximum Gasteiger partial charge on any atom is 0.306 e. The van der Waals surface area contributed by atoms with E-state index in [0.29, 0.717) is 13.0 Å². The van der Waals surface area contributed by atoms with E-state index in [1.54, 1.807) is 6.92 Å². The number of hydrogen-bond acceptors (Lipinski definition) is 4. The summed E-state index contributed by atoms with van der Waals surface area (Å²) in [7, 11) is 1.33. The number of nitrogens with one attached hydrogen (secondary N) is 1. The van der Waals surface area contributed by atoms with Crippen molar-refractivity contribution in [2.75, 3.05) is 13.7 Å². The maximum absolute atomic E-state index is 10.5. The van der Waals surface area contributed by atoms with Crippen LogP contribution in [0.5, 0.6) is 0 Å². The first-order valence-corrected chi connectivity index (χ1v) is 3.47. The number of hydrogen-bond donors (Lipinski definition) is 1. The lowest BCUT2D eigenvalue weighted by atomic mass is 10.3. The van der Waals surface area contributed by atoms with E-state index < -0.39 is 0 Å². The molecule has 0 spiro atoms. The Morgan fingerprint density at radius 1 is 1.45 bits per heavy atom. The third-order valence-corrected chi connectivity index (χ3v) is 1.10. The summed E-state index contributed by atoms with van der Waals surface area (Å²) in [5.74, 6) is -0.174. The van der Waals surface area contributed by atoms with Gasteiger partial charge in [0, 0.05) is 6.42 Å². The summed E-state index contributed by atoms with van der Waals surface area (Å²) in [6.45, 7) is 2.27. The minimum atomic E-state index is -0.311. The number of esters is 1. The first-order chi connectivity index (χ1) is 5.20. The molecule has 0 aliphatic rings. The molecule has 0 rings (SSSR count). The monoisotopic (exact) mass is 159 g/mol. The first kappa shape index (κ1) is 9.94. The van der Waals surface area contributed by atoms with Crippen LogP contribution in [0.2, 0.25) is 0 Å². The molecule has 4 heteroatoms. The van der Waals surface area contributed by atoms with Gasteiger partial charge in [0.2, 0.25) is 0 Å². The average molecular weight is 159 g/mol. The molecule has 0 aromatic carbocycles. The highest BCUT2D eigenvalue weighted by Gasteiger charge is 2.02. The van der Waals surface area contributed by atoms with Crippen LogP contribution in [-0.4, -0.2) is 25.6 Å². The van der Waals surface area contributed by atoms with E-state index in [0.717, 1.165) is 0 Å². The summed E-state index contributed by atoms with van der Waals surface area (Å²) in [6, 6.07) is 0. The van der Waals surface area contributed by atoms with Gasteiger partial charge in [0.15, 0.2) is 5.90 Å². The molecule has 0 fully saturated rings. The molecule has 0 saturated heterocycles. The van der Waals surface area contributed by atoms with Gasteiger partial charge < -0.3 is 9.47 Å². The number of methoxy groups -OCH3 is 1. The third-order valence-electron chi connectivity index (χ3n) is 1.10. The number of rotatable bonds is 4. The van der Waals surface area contributed by atoms with Crippen LogP contribution in [0.4, 0.5) is 0 Å². The highest BCUT2D eigenvalue weighted by molar-refractivity contribution is 5.79. The lowest BCUT2D eigenvalue weighted by molar-refractivity contribution is -0.140. The predicted molar refractivity (Wildman–Crippen MR) is 40.6 cm³/mol. The Hall–Kier alpha value is -1.06. The van der Waals surface area contributed by atoms with Gasteiger partial charge in [0.1, 0.15) is 0 Å². The fourth-order valence-corrected chi connectivity index (χ4v) is 0.564. The van der Waals surface area contributed by atoms with Gasteiger partial charge in [0.25, 0.3) is 0 Å². The van der Waals surface area contributed by atoms with E-state index in [2.05, 4.69) is 4.74 Å². The van der Waals surface area contributed by atoms with Crippen molar-refractivity contribution in [2.45, 2.75) is 19.8 Å². The summed E-state index contributed by atoms with van der Waals surface area (Å²) in [5, 5.41) is 7.13. The van der Waals surface area contributed by atoms with Crippen LogP contribution < -0.4 is 0 Å². The Bertz CT molecular complexity index is 145. The fourth-order valence-electron chi connectivity index (χ4n) is 0.564. The standard InChI is InChI=1S/C7H13NO3/c1-3-11-6(8)4-5-7(9)10-2/h8H,3-5H2,1-2H3. The molecule has 0 heterocycles. The quantitative estimate of drug-likeness (QED) is 0.377. The zero-order valence-corrected chi connectivity index (χ0v) is 6.85. The van der Waals surface area contributed by atoms with Crippen molar-refractivity contribution in [1.29, 1.82) is 5.41 Å². The predicted octanol–water partition coefficient (Wildman–Crippen LogP) is 0.953. The van der Waals surface area contributed by atoms with Gasteiger partial charge in [-0.05, 0) is 6.92 Å². The minimum Gasteiger partial charge on any atom is -0.481 e. The van der Waals surface area contributed by atoms with Crippen molar-refractivity contribution in [1.82, 2.24) is 0 Å². The van der Waals surface area contributed by atoms with Gasteiger partial charge in [0.05, 0.1) is 20.1 Å². The number of carbonyl (C=O) groups is 1. The Kier molecular flexibility index (Phi) is 5.15. The Morgan fingerprint density at radius 3 is 2.55 bits per heavy atom. The van der Waals surface area contributed by atoms with Gasteiger partial charge in [-0.3, -0.25) is 10.2 Å². The molecule has 0 amide bonds. The number of ether oxygens (including phenoxy) is 2. The molecule has 64 valence electrons. The Morgan fingerprint density at radius 2 is 2.09 bits per heavy atom. The highest BCUT2D eigenvalue weighted by atomic mass is 16.5. The molecule has 0 aromatic rings. The summed E-state index contributed by atoms with van der Waals surface area (Å²) in [4.78, 5) is 10.5. The van der Waals surface area contributed by atoms with Crippen LogP contribution in [0.25, 0.3) is 0 Å². The SMILES string of the molecule is CCOC(=N)CCC(=O)OC. The molecule has 0 aliphatic carbocycles. The molecule has 4 nitrogen and oxygen atoms in total. The van der Waals surface area contributed by atoms with Gasteiger partial charge >= 0.3 is 5.97 Å². The van der Waals surface area contributed by atoms with Gasteiger partial charge in [-0.15, -0.1) is 0 Å². The lowest BCUT2D eigenvalue weighted by Crippen LogP contribution is -2.07. The first-order valence-electron chi connectivity index (χ1n) is 3.47. The molecule has 11 heavy (non-hydrogen) atoms. The average Bonchev–Trinajstić information content (AvgIpc) is 2.01. The van der Waals surface area contributed by atoms with Crippen molar-refractivity contribution >= 4 is 11.9 Å². The summed E-state index contributed by atoms with van der Waals surface area (Å²) < 4.78 is 9.20. The van der Waals surface area contributed by atoms with Gasteiger partial charge in [-0.2, -0.15) is 0 Å². The molecule has 0 aromatic heterocycles. The highest BCUT2D eigenvalue weighted by Crippen LogP contribution is 1.94. The van der Waals surface area contributed by atoms with Crippen LogP contribution in [0.3, 0.4) is 0 Å². The largest absolute Gasteiger partial charge is 0.481 e. The second-order valence-corrected chi connectivity index (χ2v) is 1.93. The molecule has 0 atom stereocenters. The van der Waals surface area contributed by atoms with Crippen LogP contribution in [0.1, 0.15) is 19.8 Å². The molecule has 0 bridgehead atoms. The lowest BCUT2D eigenvalue weighted by Gasteiger charge is -2.02. The molecule has 0 radical (unpaired) electrons. The van der Waals surface area contributed by atoms with E-state index in [-0.39, 0.29) is 18.3 Å². The topological polar surface area (TPSA) is 59.4 Å². The summed E-state index contributed by atoms with van der Waals surface area (Å²) in [5.41, 5.74) is 0. The molecular formula is C7H13NO3. The molecular weight excluding hydrogens is 146 g/mol. The fraction of sp³-hybridized carbons (Fsp3) is 0.714. The summed E-state index contributed by atoms with van der Waals surface area (Å²) >= 11 is 0. The second kappa shape index (κ2) is 5.70. The van der Waals surface area contributed by atoms with Crippen molar-refractivity contribution in [3.8, 4) is 0 Å². The molecule has 1 N–H and O–H groups in total. The van der Waals surface area contributed by atoms with E-state index >= 15 is 0 Å². The van der Waals surface area contributed by atoms with Crippen LogP contribution in [-0.2, 0) is 14.3 Å². The van der Waals surface area contributed by atoms with E-state index in [4.69, 9.17) is 10.1 Å². The van der Waals surface area contributed by atoms with Crippen LogP contribution in [0.15, 0.2) is 0 Å². The van der Waals surface area contributed by atoms with E-state index in [1.165, 1.54) is 7.11 Å². The van der Waals surface area contributed by atoms with Crippen molar-refractivity contribution in [3.63, 3.8) is 0 Å². The van der Waals surface area contributed by atoms with E-state index in [1.807, 2.05) is 0 Å². The second-order valence-electron chi connectivity index (χ2n) is 1.93. The smallest absolute Gasteiger partial charge is 0.306 e. The van der Waals surface area contributed by atoms with Crippen molar-refractivity contribution < 1.29 is 14.3 Å². The molecule has 0 saturated carbocycles. The Labute approximate surface area is 66.0 Å². The van der Waals surface area contributed by atoms with Crippen LogP contribution >= 0.6 is 0 Å². The van der Waals surface area contributed by atoms with Crippen LogP contribution in [0, 0.1) is 5.41 Å². The van der Waals surface area contributed by atoms with Crippen molar-refractivity contribution in [3.05, 3.63) is 0 Å². The third kappa shape index (κ3) is 5.39. The summed E-state index contributed by atoms with van der Waals surface area (Å²) in [6.07, 6.45) is 0.538. The normalized spacial score (nSPS) is 8.91. The van der Waals surface area contributed by atoms with E-state index in [9.17, 15) is 4.79 Å².